The molecule has 0 radical (unpaired) electrons. The minimum absolute atomic E-state index is 0.00856. The predicted octanol–water partition coefficient (Wildman–Crippen LogP) is 4.22. The molecule has 3 aromatic carbocycles. The second kappa shape index (κ2) is 9.93. The molecule has 4 rings (SSSR count). The highest BCUT2D eigenvalue weighted by atomic mass is 16.6. The maximum absolute atomic E-state index is 13.2. The zero-order valence-corrected chi connectivity index (χ0v) is 19.4. The molecule has 34 heavy (non-hydrogen) atoms. The lowest BCUT2D eigenvalue weighted by Crippen LogP contribution is -2.43. The van der Waals surface area contributed by atoms with Gasteiger partial charge in [0.15, 0.2) is 11.5 Å². The van der Waals surface area contributed by atoms with Gasteiger partial charge in [-0.25, -0.2) is 0 Å². The van der Waals surface area contributed by atoms with Crippen molar-refractivity contribution >= 4 is 17.3 Å². The number of nitrogens with zero attached hydrogens (tertiary/aromatic N) is 3. The summed E-state index contributed by atoms with van der Waals surface area (Å²) in [6, 6.07) is 20.0. The molecule has 1 aliphatic heterocycles. The first-order chi connectivity index (χ1) is 16.4. The van der Waals surface area contributed by atoms with Crippen molar-refractivity contribution in [1.29, 1.82) is 0 Å². The number of nitro groups is 1. The smallest absolute Gasteiger partial charge is 0.269 e. The number of hydrogen-bond donors (Lipinski definition) is 0. The van der Waals surface area contributed by atoms with Gasteiger partial charge in [-0.2, -0.15) is 0 Å². The highest BCUT2D eigenvalue weighted by molar-refractivity contribution is 5.94. The van der Waals surface area contributed by atoms with Crippen LogP contribution in [0.25, 0.3) is 0 Å². The third kappa shape index (κ3) is 4.58. The van der Waals surface area contributed by atoms with Gasteiger partial charge < -0.3 is 14.4 Å². The van der Waals surface area contributed by atoms with Crippen molar-refractivity contribution in [2.45, 2.75) is 12.5 Å². The fourth-order valence-electron chi connectivity index (χ4n) is 4.42. The van der Waals surface area contributed by atoms with Gasteiger partial charge in [0.2, 0.25) is 5.91 Å². The molecule has 0 N–H and O–H groups in total. The Morgan fingerprint density at radius 3 is 2.32 bits per heavy atom. The number of carbonyl (C=O) groups excluding carboxylic acids is 1. The maximum Gasteiger partial charge on any atom is 0.269 e. The number of rotatable bonds is 7. The van der Waals surface area contributed by atoms with Crippen LogP contribution in [0.3, 0.4) is 0 Å². The van der Waals surface area contributed by atoms with E-state index >= 15 is 0 Å². The van der Waals surface area contributed by atoms with Crippen molar-refractivity contribution in [1.82, 2.24) is 4.90 Å². The van der Waals surface area contributed by atoms with Gasteiger partial charge in [-0.05, 0) is 47.4 Å². The molecular formula is C26H27N3O5. The second-order valence-corrected chi connectivity index (χ2v) is 8.17. The molecule has 1 amide bonds. The Morgan fingerprint density at radius 2 is 1.71 bits per heavy atom. The SMILES string of the molecule is COc1cc2c(cc1OC)[C@@H](c1ccccc1)N(CC(=O)N(C)c1ccc([N+](=O)[O-])cc1)CC2. The summed E-state index contributed by atoms with van der Waals surface area (Å²) >= 11 is 0. The van der Waals surface area contributed by atoms with Crippen LogP contribution >= 0.6 is 0 Å². The summed E-state index contributed by atoms with van der Waals surface area (Å²) in [5, 5.41) is 10.9. The molecule has 0 saturated heterocycles. The standard InChI is InChI=1S/C26H27N3O5/c1-27(20-9-11-21(12-10-20)29(31)32)25(30)17-28-14-13-19-15-23(33-2)24(34-3)16-22(19)26(28)18-7-5-4-6-8-18/h4-12,15-16,26H,13-14,17H2,1-3H3/t26-/m1/s1. The first-order valence-electron chi connectivity index (χ1n) is 11.0. The molecule has 0 aliphatic carbocycles. The number of hydrogen-bond acceptors (Lipinski definition) is 6. The maximum atomic E-state index is 13.2. The van der Waals surface area contributed by atoms with E-state index in [1.807, 2.05) is 30.3 Å². The van der Waals surface area contributed by atoms with E-state index in [-0.39, 0.29) is 24.2 Å². The van der Waals surface area contributed by atoms with Crippen LogP contribution in [0.15, 0.2) is 66.7 Å². The lowest BCUT2D eigenvalue weighted by atomic mass is 9.87. The summed E-state index contributed by atoms with van der Waals surface area (Å²) in [7, 11) is 4.93. The number of benzene rings is 3. The van der Waals surface area contributed by atoms with E-state index in [1.165, 1.54) is 22.6 Å². The fraction of sp³-hybridized carbons (Fsp3) is 0.269. The van der Waals surface area contributed by atoms with Gasteiger partial charge in [-0.15, -0.1) is 0 Å². The Morgan fingerprint density at radius 1 is 1.06 bits per heavy atom. The largest absolute Gasteiger partial charge is 0.493 e. The van der Waals surface area contributed by atoms with Gasteiger partial charge in [0, 0.05) is 31.4 Å². The molecule has 3 aromatic rings. The molecule has 0 unspecified atom stereocenters. The molecule has 0 saturated carbocycles. The molecule has 0 bridgehead atoms. The van der Waals surface area contributed by atoms with Gasteiger partial charge in [-0.3, -0.25) is 19.8 Å². The van der Waals surface area contributed by atoms with Crippen LogP contribution in [0.4, 0.5) is 11.4 Å². The van der Waals surface area contributed by atoms with Crippen molar-refractivity contribution in [3.8, 4) is 11.5 Å². The molecule has 8 heteroatoms. The summed E-state index contributed by atoms with van der Waals surface area (Å²) < 4.78 is 11.1. The molecule has 0 fully saturated rings. The van der Waals surface area contributed by atoms with Gasteiger partial charge in [0.25, 0.3) is 5.69 Å². The quantitative estimate of drug-likeness (QED) is 0.387. The Labute approximate surface area is 198 Å². The molecule has 8 nitrogen and oxygen atoms in total. The van der Waals surface area contributed by atoms with Crippen LogP contribution in [-0.4, -0.2) is 50.1 Å². The van der Waals surface area contributed by atoms with Crippen molar-refractivity contribution in [3.63, 3.8) is 0 Å². The lowest BCUT2D eigenvalue weighted by Gasteiger charge is -2.38. The second-order valence-electron chi connectivity index (χ2n) is 8.17. The van der Waals surface area contributed by atoms with E-state index in [0.717, 1.165) is 17.5 Å². The van der Waals surface area contributed by atoms with Crippen LogP contribution in [-0.2, 0) is 11.2 Å². The van der Waals surface area contributed by atoms with E-state index < -0.39 is 4.92 Å². The van der Waals surface area contributed by atoms with Crippen LogP contribution in [0.5, 0.6) is 11.5 Å². The van der Waals surface area contributed by atoms with E-state index in [9.17, 15) is 14.9 Å². The van der Waals surface area contributed by atoms with Crippen molar-refractivity contribution < 1.29 is 19.2 Å². The summed E-state index contributed by atoms with van der Waals surface area (Å²) in [6.45, 7) is 0.892. The number of non-ortho nitro benzene ring substituents is 1. The molecule has 1 aliphatic rings. The Bertz CT molecular complexity index is 1180. The number of carbonyl (C=O) groups is 1. The number of nitro benzene ring substituents is 1. The lowest BCUT2D eigenvalue weighted by molar-refractivity contribution is -0.384. The number of ether oxygens (including phenoxy) is 2. The fourth-order valence-corrected chi connectivity index (χ4v) is 4.42. The highest BCUT2D eigenvalue weighted by Crippen LogP contribution is 2.41. The number of methoxy groups -OCH3 is 2. The highest BCUT2D eigenvalue weighted by Gasteiger charge is 2.32. The van der Waals surface area contributed by atoms with E-state index in [4.69, 9.17) is 9.47 Å². The Kier molecular flexibility index (Phi) is 6.79. The normalized spacial score (nSPS) is 15.3. The zero-order chi connectivity index (χ0) is 24.2. The number of anilines is 1. The summed E-state index contributed by atoms with van der Waals surface area (Å²) in [6.07, 6.45) is 0.771. The van der Waals surface area contributed by atoms with Gasteiger partial charge in [-0.1, -0.05) is 30.3 Å². The number of likely N-dealkylation sites (N-methyl/N-ethyl adjacent to an activating group) is 1. The van der Waals surface area contributed by atoms with Crippen LogP contribution in [0.2, 0.25) is 0 Å². The van der Waals surface area contributed by atoms with E-state index in [2.05, 4.69) is 17.0 Å². The van der Waals surface area contributed by atoms with Crippen LogP contribution in [0, 0.1) is 10.1 Å². The number of amides is 1. The van der Waals surface area contributed by atoms with Crippen molar-refractivity contribution in [2.24, 2.45) is 0 Å². The minimum atomic E-state index is -0.454. The van der Waals surface area contributed by atoms with Crippen LogP contribution in [0.1, 0.15) is 22.7 Å². The van der Waals surface area contributed by atoms with Crippen molar-refractivity contribution in [3.05, 3.63) is 93.5 Å². The molecule has 0 spiro atoms. The number of fused-ring (bicyclic) bond motifs is 1. The first kappa shape index (κ1) is 23.3. The Hall–Kier alpha value is -3.91. The topological polar surface area (TPSA) is 85.2 Å². The summed E-state index contributed by atoms with van der Waals surface area (Å²) in [4.78, 5) is 27.4. The van der Waals surface area contributed by atoms with E-state index in [0.29, 0.717) is 23.7 Å². The molecular weight excluding hydrogens is 434 g/mol. The van der Waals surface area contributed by atoms with Crippen LogP contribution < -0.4 is 14.4 Å². The average Bonchev–Trinajstić information content (AvgIpc) is 2.87. The third-order valence-corrected chi connectivity index (χ3v) is 6.25. The van der Waals surface area contributed by atoms with E-state index in [1.54, 1.807) is 33.4 Å². The molecule has 1 atom stereocenters. The third-order valence-electron chi connectivity index (χ3n) is 6.25. The monoisotopic (exact) mass is 461 g/mol. The minimum Gasteiger partial charge on any atom is -0.493 e. The summed E-state index contributed by atoms with van der Waals surface area (Å²) in [5.74, 6) is 1.24. The average molecular weight is 462 g/mol. The Balaban J connectivity index is 1.64. The zero-order valence-electron chi connectivity index (χ0n) is 19.4. The molecule has 1 heterocycles. The van der Waals surface area contributed by atoms with Gasteiger partial charge in [0.05, 0.1) is 31.7 Å². The molecule has 0 aromatic heterocycles. The van der Waals surface area contributed by atoms with Crippen molar-refractivity contribution in [2.75, 3.05) is 39.3 Å². The van der Waals surface area contributed by atoms with Gasteiger partial charge in [0.1, 0.15) is 0 Å². The summed E-state index contributed by atoms with van der Waals surface area (Å²) in [5.41, 5.74) is 3.93. The predicted molar refractivity (Wildman–Crippen MR) is 130 cm³/mol. The molecule has 176 valence electrons. The van der Waals surface area contributed by atoms with Gasteiger partial charge >= 0.3 is 0 Å². The first-order valence-corrected chi connectivity index (χ1v) is 11.0.